The number of hydrogen-bond acceptors (Lipinski definition) is 4. The Morgan fingerprint density at radius 2 is 2.05 bits per heavy atom. The molecule has 2 rings (SSSR count). The van der Waals surface area contributed by atoms with Crippen LogP contribution in [0.1, 0.15) is 39.2 Å². The maximum Gasteiger partial charge on any atom is 0.308 e. The summed E-state index contributed by atoms with van der Waals surface area (Å²) in [5.41, 5.74) is 0.879. The lowest BCUT2D eigenvalue weighted by molar-refractivity contribution is -0.135. The van der Waals surface area contributed by atoms with Gasteiger partial charge in [-0.25, -0.2) is 0 Å². The van der Waals surface area contributed by atoms with Crippen molar-refractivity contribution in [1.82, 2.24) is 4.90 Å². The second-order valence-electron chi connectivity index (χ2n) is 5.93. The zero-order chi connectivity index (χ0) is 16.3. The number of rotatable bonds is 7. The van der Waals surface area contributed by atoms with Gasteiger partial charge in [0.1, 0.15) is 5.75 Å². The zero-order valence-corrected chi connectivity index (χ0v) is 14.1. The van der Waals surface area contributed by atoms with E-state index in [0.29, 0.717) is 18.3 Å². The lowest BCUT2D eigenvalue weighted by Gasteiger charge is -2.24. The summed E-state index contributed by atoms with van der Waals surface area (Å²) >= 11 is 0. The average Bonchev–Trinajstić information content (AvgIpc) is 3.28. The van der Waals surface area contributed by atoms with Gasteiger partial charge in [-0.05, 0) is 37.5 Å². The fraction of sp³-hybridized carbons (Fsp3) is 0.562. The molecule has 0 aromatic heterocycles. The van der Waals surface area contributed by atoms with Crippen LogP contribution in [0.5, 0.6) is 5.75 Å². The van der Waals surface area contributed by atoms with Gasteiger partial charge in [-0.15, -0.1) is 0 Å². The van der Waals surface area contributed by atoms with Gasteiger partial charge < -0.3 is 9.08 Å². The van der Waals surface area contributed by atoms with Crippen molar-refractivity contribution in [3.05, 3.63) is 29.8 Å². The molecule has 0 saturated heterocycles. The van der Waals surface area contributed by atoms with Crippen LogP contribution >= 0.6 is 0 Å². The molecule has 1 amide bonds. The Morgan fingerprint density at radius 1 is 1.36 bits per heavy atom. The number of hydrogen-bond donors (Lipinski definition) is 0. The summed E-state index contributed by atoms with van der Waals surface area (Å²) in [6.45, 7) is 5.82. The molecule has 0 bridgehead atoms. The molecule has 0 aliphatic heterocycles. The van der Waals surface area contributed by atoms with Crippen molar-refractivity contribution < 1.29 is 17.4 Å². The van der Waals surface area contributed by atoms with Crippen molar-refractivity contribution in [1.29, 1.82) is 0 Å². The largest absolute Gasteiger partial charge is 0.382 e. The summed E-state index contributed by atoms with van der Waals surface area (Å²) in [6, 6.07) is 7.26. The molecular weight excluding hydrogens is 302 g/mol. The summed E-state index contributed by atoms with van der Waals surface area (Å²) in [6.07, 6.45) is 2.08. The van der Waals surface area contributed by atoms with Crippen LogP contribution < -0.4 is 4.18 Å². The topological polar surface area (TPSA) is 63.7 Å². The van der Waals surface area contributed by atoms with Crippen molar-refractivity contribution in [3.63, 3.8) is 0 Å². The van der Waals surface area contributed by atoms with E-state index in [1.165, 1.54) is 6.92 Å². The number of benzene rings is 1. The number of carbonyl (C=O) groups is 1. The molecule has 1 saturated carbocycles. The van der Waals surface area contributed by atoms with Gasteiger partial charge in [0.05, 0.1) is 5.75 Å². The molecule has 6 heteroatoms. The van der Waals surface area contributed by atoms with Gasteiger partial charge in [-0.3, -0.25) is 4.79 Å². The molecule has 1 aromatic rings. The highest BCUT2D eigenvalue weighted by molar-refractivity contribution is 7.87. The highest BCUT2D eigenvalue weighted by atomic mass is 32.2. The third kappa shape index (κ3) is 4.47. The van der Waals surface area contributed by atoms with Crippen LogP contribution in [0.2, 0.25) is 0 Å². The molecular formula is C16H23NO4S. The van der Waals surface area contributed by atoms with E-state index in [2.05, 4.69) is 0 Å². The first kappa shape index (κ1) is 16.8. The quantitative estimate of drug-likeness (QED) is 0.723. The van der Waals surface area contributed by atoms with E-state index < -0.39 is 10.1 Å². The van der Waals surface area contributed by atoms with Crippen LogP contribution in [-0.2, 0) is 21.5 Å². The van der Waals surface area contributed by atoms with Crippen LogP contribution in [-0.4, -0.2) is 31.0 Å². The number of amides is 1. The third-order valence-electron chi connectivity index (χ3n) is 3.59. The molecule has 0 spiro atoms. The summed E-state index contributed by atoms with van der Waals surface area (Å²) in [4.78, 5) is 14.2. The minimum Gasteiger partial charge on any atom is -0.382 e. The zero-order valence-electron chi connectivity index (χ0n) is 13.3. The Balaban J connectivity index is 2.13. The molecule has 1 aliphatic rings. The molecule has 0 N–H and O–H groups in total. The van der Waals surface area contributed by atoms with E-state index in [4.69, 9.17) is 4.18 Å². The van der Waals surface area contributed by atoms with Crippen LogP contribution in [0.15, 0.2) is 24.3 Å². The highest BCUT2D eigenvalue weighted by Gasteiger charge is 2.33. The SMILES string of the molecule is CCS(=O)(=O)Oc1cccc(CN(C(=O)C(C)C)C2CC2)c1. The minimum absolute atomic E-state index is 0.0412. The fourth-order valence-electron chi connectivity index (χ4n) is 2.20. The molecule has 22 heavy (non-hydrogen) atoms. The second-order valence-corrected chi connectivity index (χ2v) is 7.79. The maximum atomic E-state index is 12.3. The van der Waals surface area contributed by atoms with Crippen molar-refractivity contribution in [2.75, 3.05) is 5.75 Å². The van der Waals surface area contributed by atoms with Crippen LogP contribution in [0, 0.1) is 5.92 Å². The van der Waals surface area contributed by atoms with E-state index >= 15 is 0 Å². The van der Waals surface area contributed by atoms with Gasteiger partial charge in [-0.2, -0.15) is 8.42 Å². The predicted molar refractivity (Wildman–Crippen MR) is 84.9 cm³/mol. The fourth-order valence-corrected chi connectivity index (χ4v) is 2.72. The number of nitrogens with zero attached hydrogens (tertiary/aromatic N) is 1. The lowest BCUT2D eigenvalue weighted by Crippen LogP contribution is -2.35. The molecule has 1 aromatic carbocycles. The first-order chi connectivity index (χ1) is 10.3. The first-order valence-electron chi connectivity index (χ1n) is 7.64. The molecule has 5 nitrogen and oxygen atoms in total. The normalized spacial score (nSPS) is 14.9. The Hall–Kier alpha value is -1.56. The average molecular weight is 325 g/mol. The Bertz CT molecular complexity index is 635. The third-order valence-corrected chi connectivity index (χ3v) is 4.75. The van der Waals surface area contributed by atoms with Gasteiger partial charge in [0.2, 0.25) is 5.91 Å². The van der Waals surface area contributed by atoms with Crippen molar-refractivity contribution in [3.8, 4) is 5.75 Å². The van der Waals surface area contributed by atoms with Crippen LogP contribution in [0.25, 0.3) is 0 Å². The van der Waals surface area contributed by atoms with E-state index in [1.54, 1.807) is 18.2 Å². The molecule has 0 radical (unpaired) electrons. The molecule has 122 valence electrons. The van der Waals surface area contributed by atoms with E-state index in [1.807, 2.05) is 24.8 Å². The second kappa shape index (κ2) is 6.69. The van der Waals surface area contributed by atoms with Gasteiger partial charge in [0.25, 0.3) is 0 Å². The molecule has 1 aliphatic carbocycles. The highest BCUT2D eigenvalue weighted by Crippen LogP contribution is 2.30. The predicted octanol–water partition coefficient (Wildman–Crippen LogP) is 2.56. The van der Waals surface area contributed by atoms with Gasteiger partial charge in [0.15, 0.2) is 0 Å². The first-order valence-corrected chi connectivity index (χ1v) is 9.21. The van der Waals surface area contributed by atoms with Crippen LogP contribution in [0.3, 0.4) is 0 Å². The number of carbonyl (C=O) groups excluding carboxylic acids is 1. The molecule has 0 atom stereocenters. The van der Waals surface area contributed by atoms with E-state index in [9.17, 15) is 13.2 Å². The Morgan fingerprint density at radius 3 is 2.59 bits per heavy atom. The maximum absolute atomic E-state index is 12.3. The van der Waals surface area contributed by atoms with E-state index in [-0.39, 0.29) is 17.6 Å². The smallest absolute Gasteiger partial charge is 0.308 e. The van der Waals surface area contributed by atoms with Crippen molar-refractivity contribution in [2.45, 2.75) is 46.2 Å². The van der Waals surface area contributed by atoms with Crippen molar-refractivity contribution in [2.24, 2.45) is 5.92 Å². The Labute approximate surface area is 132 Å². The molecule has 0 unspecified atom stereocenters. The standard InChI is InChI=1S/C16H23NO4S/c1-4-22(19,20)21-15-7-5-6-13(10-15)11-17(14-8-9-14)16(18)12(2)3/h5-7,10,12,14H,4,8-9,11H2,1-3H3. The molecule has 1 fully saturated rings. The van der Waals surface area contributed by atoms with Crippen molar-refractivity contribution >= 4 is 16.0 Å². The lowest BCUT2D eigenvalue weighted by atomic mass is 10.1. The summed E-state index contributed by atoms with van der Waals surface area (Å²) < 4.78 is 28.1. The molecule has 0 heterocycles. The summed E-state index contributed by atoms with van der Waals surface area (Å²) in [5.74, 6) is 0.319. The van der Waals surface area contributed by atoms with Gasteiger partial charge in [-0.1, -0.05) is 26.0 Å². The van der Waals surface area contributed by atoms with Gasteiger partial charge in [0, 0.05) is 18.5 Å². The summed E-state index contributed by atoms with van der Waals surface area (Å²) in [7, 11) is -3.53. The van der Waals surface area contributed by atoms with Gasteiger partial charge >= 0.3 is 10.1 Å². The summed E-state index contributed by atoms with van der Waals surface area (Å²) in [5, 5.41) is 0. The Kier molecular flexibility index (Phi) is 5.11. The monoisotopic (exact) mass is 325 g/mol. The van der Waals surface area contributed by atoms with Crippen LogP contribution in [0.4, 0.5) is 0 Å². The van der Waals surface area contributed by atoms with E-state index in [0.717, 1.165) is 18.4 Å². The minimum atomic E-state index is -3.53.